The van der Waals surface area contributed by atoms with E-state index in [-0.39, 0.29) is 12.3 Å². The predicted octanol–water partition coefficient (Wildman–Crippen LogP) is 5.58. The largest absolute Gasteiger partial charge is 0.451 e. The molecule has 48 heavy (non-hydrogen) atoms. The van der Waals surface area contributed by atoms with E-state index in [0.717, 1.165) is 11.1 Å². The van der Waals surface area contributed by atoms with Gasteiger partial charge in [-0.15, -0.1) is 11.8 Å². The van der Waals surface area contributed by atoms with Crippen LogP contribution in [0.3, 0.4) is 0 Å². The summed E-state index contributed by atoms with van der Waals surface area (Å²) in [5.74, 6) is -1.91. The SMILES string of the molecule is CC(C)(C)OC(=O)N[C@@H]1C(=O)N2[C@@H](C(=O)OC(c3ccccc3)c3ccccc3)C(C(Cc3cccc(F)c3)=C3CCNC3=O)=CS[C@H]12. The van der Waals surface area contributed by atoms with Crippen LogP contribution in [-0.4, -0.2) is 58.4 Å². The summed E-state index contributed by atoms with van der Waals surface area (Å²) in [6.45, 7) is 5.58. The first kappa shape index (κ1) is 33.0. The number of benzene rings is 3. The molecule has 2 fully saturated rings. The van der Waals surface area contributed by atoms with Gasteiger partial charge in [0.1, 0.15) is 22.8 Å². The van der Waals surface area contributed by atoms with Crippen molar-refractivity contribution in [3.05, 3.63) is 130 Å². The predicted molar refractivity (Wildman–Crippen MR) is 179 cm³/mol. The van der Waals surface area contributed by atoms with Crippen LogP contribution in [0.15, 0.2) is 107 Å². The smallest absolute Gasteiger partial charge is 0.408 e. The summed E-state index contributed by atoms with van der Waals surface area (Å²) in [6.07, 6.45) is -1.01. The molecule has 11 heteroatoms. The molecule has 0 spiro atoms. The molecule has 0 aliphatic carbocycles. The lowest BCUT2D eigenvalue weighted by Gasteiger charge is -2.52. The molecule has 0 bridgehead atoms. The van der Waals surface area contributed by atoms with Crippen LogP contribution in [0.1, 0.15) is 50.0 Å². The van der Waals surface area contributed by atoms with Gasteiger partial charge >= 0.3 is 12.1 Å². The van der Waals surface area contributed by atoms with E-state index in [4.69, 9.17) is 9.47 Å². The number of hydrogen-bond donors (Lipinski definition) is 2. The van der Waals surface area contributed by atoms with Gasteiger partial charge in [-0.05, 0) is 79.0 Å². The van der Waals surface area contributed by atoms with E-state index in [2.05, 4.69) is 10.6 Å². The van der Waals surface area contributed by atoms with Crippen molar-refractivity contribution >= 4 is 35.6 Å². The summed E-state index contributed by atoms with van der Waals surface area (Å²) in [5.41, 5.74) is 2.69. The minimum atomic E-state index is -1.25. The second kappa shape index (κ2) is 13.7. The van der Waals surface area contributed by atoms with Crippen LogP contribution >= 0.6 is 11.8 Å². The Morgan fingerprint density at radius 2 is 1.67 bits per heavy atom. The van der Waals surface area contributed by atoms with E-state index in [1.54, 1.807) is 38.3 Å². The van der Waals surface area contributed by atoms with Gasteiger partial charge in [-0.2, -0.15) is 0 Å². The molecular weight excluding hydrogens is 633 g/mol. The fraction of sp³-hybridized carbons (Fsp3) is 0.297. The number of nitrogens with one attached hydrogen (secondary N) is 2. The van der Waals surface area contributed by atoms with Gasteiger partial charge in [0.15, 0.2) is 12.1 Å². The lowest BCUT2D eigenvalue weighted by molar-refractivity contribution is -0.164. The first-order valence-electron chi connectivity index (χ1n) is 15.7. The zero-order chi connectivity index (χ0) is 34.0. The van der Waals surface area contributed by atoms with E-state index in [1.807, 2.05) is 60.7 Å². The van der Waals surface area contributed by atoms with E-state index >= 15 is 0 Å². The summed E-state index contributed by atoms with van der Waals surface area (Å²) in [6, 6.07) is 22.4. The zero-order valence-corrected chi connectivity index (χ0v) is 27.6. The number of rotatable bonds is 8. The maximum Gasteiger partial charge on any atom is 0.408 e. The van der Waals surface area contributed by atoms with Gasteiger partial charge in [0.05, 0.1) is 0 Å². The Balaban J connectivity index is 1.41. The average Bonchev–Trinajstić information content (AvgIpc) is 3.49. The van der Waals surface area contributed by atoms with Crippen LogP contribution in [0.2, 0.25) is 0 Å². The number of halogens is 1. The zero-order valence-electron chi connectivity index (χ0n) is 26.8. The highest BCUT2D eigenvalue weighted by molar-refractivity contribution is 8.03. The number of esters is 1. The maximum absolute atomic E-state index is 14.6. The van der Waals surface area contributed by atoms with Gasteiger partial charge < -0.3 is 25.0 Å². The summed E-state index contributed by atoms with van der Waals surface area (Å²) in [4.78, 5) is 55.6. The van der Waals surface area contributed by atoms with E-state index in [9.17, 15) is 23.6 Å². The first-order chi connectivity index (χ1) is 23.0. The number of β-lactam (4-membered cyclic amide) rings is 1. The fourth-order valence-electron chi connectivity index (χ4n) is 6.11. The van der Waals surface area contributed by atoms with Crippen LogP contribution in [0.5, 0.6) is 0 Å². The van der Waals surface area contributed by atoms with Crippen molar-refractivity contribution in [2.24, 2.45) is 0 Å². The highest BCUT2D eigenvalue weighted by Gasteiger charge is 2.57. The molecule has 3 aliphatic rings. The number of carbonyl (C=O) groups is 4. The molecule has 0 saturated carbocycles. The monoisotopic (exact) mass is 669 g/mol. The maximum atomic E-state index is 14.6. The number of nitrogens with zero attached hydrogens (tertiary/aromatic N) is 1. The molecule has 3 aromatic carbocycles. The van der Waals surface area contributed by atoms with Gasteiger partial charge in [-0.3, -0.25) is 9.59 Å². The van der Waals surface area contributed by atoms with Crippen LogP contribution in [0.4, 0.5) is 9.18 Å². The molecular formula is C37H36FN3O6S. The third kappa shape index (κ3) is 7.01. The highest BCUT2D eigenvalue weighted by Crippen LogP contribution is 2.45. The Hall–Kier alpha value is -4.90. The van der Waals surface area contributed by atoms with Gasteiger partial charge in [0, 0.05) is 12.1 Å². The minimum Gasteiger partial charge on any atom is -0.451 e. The summed E-state index contributed by atoms with van der Waals surface area (Å²) < 4.78 is 26.0. The number of carbonyl (C=O) groups excluding carboxylic acids is 4. The molecule has 3 aliphatic heterocycles. The molecule has 0 unspecified atom stereocenters. The van der Waals surface area contributed by atoms with Gasteiger partial charge in [-0.25, -0.2) is 14.0 Å². The Bertz CT molecular complexity index is 1750. The first-order valence-corrected chi connectivity index (χ1v) is 16.7. The van der Waals surface area contributed by atoms with Gasteiger partial charge in [-0.1, -0.05) is 72.8 Å². The quantitative estimate of drug-likeness (QED) is 0.183. The van der Waals surface area contributed by atoms with E-state index in [1.165, 1.54) is 28.8 Å². The second-order valence-corrected chi connectivity index (χ2v) is 13.8. The third-order valence-electron chi connectivity index (χ3n) is 8.24. The number of fused-ring (bicyclic) bond motifs is 1. The fourth-order valence-corrected chi connectivity index (χ4v) is 7.37. The number of alkyl carbamates (subject to hydrolysis) is 1. The minimum absolute atomic E-state index is 0.143. The summed E-state index contributed by atoms with van der Waals surface area (Å²) >= 11 is 1.25. The molecule has 0 aromatic heterocycles. The van der Waals surface area contributed by atoms with Crippen molar-refractivity contribution in [1.29, 1.82) is 0 Å². The Morgan fingerprint density at radius 3 is 2.25 bits per heavy atom. The van der Waals surface area contributed by atoms with E-state index in [0.29, 0.717) is 35.2 Å². The van der Waals surface area contributed by atoms with Crippen molar-refractivity contribution in [3.63, 3.8) is 0 Å². The standard InChI is InChI=1S/C37H36FN3O6S/c1-37(2,3)47-36(45)40-29-33(43)41-30(35(44)46-31(23-12-6-4-7-13-23)24-14-8-5-9-15-24)28(21-48-34(29)41)27(26-17-18-39-32(26)42)20-22-11-10-16-25(38)19-22/h4-16,19,21,29-31,34H,17-18,20H2,1-3H3,(H,39,42)(H,40,45)/t29-,30-,34-/m1/s1. The van der Waals surface area contributed by atoms with Crippen molar-refractivity contribution in [1.82, 2.24) is 15.5 Å². The topological polar surface area (TPSA) is 114 Å². The molecule has 0 radical (unpaired) electrons. The van der Waals surface area contributed by atoms with Crippen LogP contribution in [0, 0.1) is 5.82 Å². The Kier molecular flexibility index (Phi) is 9.41. The van der Waals surface area contributed by atoms with Gasteiger partial charge in [0.25, 0.3) is 0 Å². The van der Waals surface area contributed by atoms with Crippen molar-refractivity contribution < 1.29 is 33.0 Å². The summed E-state index contributed by atoms with van der Waals surface area (Å²) in [5, 5.41) is 6.60. The van der Waals surface area contributed by atoms with Crippen molar-refractivity contribution in [2.45, 2.75) is 62.8 Å². The third-order valence-corrected chi connectivity index (χ3v) is 9.41. The van der Waals surface area contributed by atoms with Crippen LogP contribution < -0.4 is 10.6 Å². The molecule has 2 N–H and O–H groups in total. The Labute approximate surface area is 282 Å². The van der Waals surface area contributed by atoms with Crippen molar-refractivity contribution in [3.8, 4) is 0 Å². The van der Waals surface area contributed by atoms with Crippen LogP contribution in [-0.2, 0) is 30.3 Å². The molecule has 2 saturated heterocycles. The van der Waals surface area contributed by atoms with Gasteiger partial charge in [0.2, 0.25) is 11.8 Å². The molecule has 3 amide bonds. The number of thioether (sulfide) groups is 1. The molecule has 9 nitrogen and oxygen atoms in total. The molecule has 6 rings (SSSR count). The van der Waals surface area contributed by atoms with Crippen molar-refractivity contribution in [2.75, 3.05) is 6.54 Å². The molecule has 3 atom stereocenters. The highest BCUT2D eigenvalue weighted by atomic mass is 32.2. The number of hydrogen-bond acceptors (Lipinski definition) is 7. The lowest BCUT2D eigenvalue weighted by Crippen LogP contribution is -2.74. The normalized spacial score (nSPS) is 21.5. The number of ether oxygens (including phenoxy) is 2. The average molecular weight is 670 g/mol. The molecule has 3 heterocycles. The second-order valence-electron chi connectivity index (χ2n) is 12.8. The van der Waals surface area contributed by atoms with Crippen LogP contribution in [0.25, 0.3) is 0 Å². The number of amides is 3. The summed E-state index contributed by atoms with van der Waals surface area (Å²) in [7, 11) is 0. The Morgan fingerprint density at radius 1 is 1.00 bits per heavy atom. The lowest BCUT2D eigenvalue weighted by atomic mass is 9.86. The molecule has 248 valence electrons. The van der Waals surface area contributed by atoms with E-state index < -0.39 is 52.9 Å². The molecule has 3 aromatic rings.